The van der Waals surface area contributed by atoms with Crippen LogP contribution in [0.25, 0.3) is 0 Å². The van der Waals surface area contributed by atoms with E-state index < -0.39 is 0 Å². The van der Waals surface area contributed by atoms with Crippen molar-refractivity contribution in [2.75, 3.05) is 46.9 Å². The summed E-state index contributed by atoms with van der Waals surface area (Å²) in [5.41, 5.74) is 1.48. The van der Waals surface area contributed by atoms with Crippen LogP contribution in [0.15, 0.2) is 42.0 Å². The predicted molar refractivity (Wildman–Crippen MR) is 156 cm³/mol. The molecule has 2 N–H and O–H groups in total. The second-order valence-electron chi connectivity index (χ2n) is 12.6. The largest absolute Gasteiger partial charge is 0.378 e. The van der Waals surface area contributed by atoms with Gasteiger partial charge in [-0.2, -0.15) is 0 Å². The summed E-state index contributed by atoms with van der Waals surface area (Å²) in [4.78, 5) is 30.7. The molecule has 3 atom stereocenters. The smallest absolute Gasteiger partial charge is 0.249 e. The number of nitrogens with zero attached hydrogens (tertiary/aromatic N) is 2. The van der Waals surface area contributed by atoms with Gasteiger partial charge in [-0.3, -0.25) is 9.59 Å². The molecule has 0 aromatic heterocycles. The lowest BCUT2D eigenvalue weighted by Gasteiger charge is -2.40. The van der Waals surface area contributed by atoms with Crippen LogP contribution < -0.4 is 10.6 Å². The Bertz CT molecular complexity index is 930. The summed E-state index contributed by atoms with van der Waals surface area (Å²) in [6.07, 6.45) is 1.97. The van der Waals surface area contributed by atoms with Crippen molar-refractivity contribution in [2.24, 2.45) is 11.3 Å². The number of amides is 2. The molecule has 0 radical (unpaired) electrons. The molecule has 7 heteroatoms. The quantitative estimate of drug-likeness (QED) is 0.427. The third kappa shape index (κ3) is 8.14. The van der Waals surface area contributed by atoms with E-state index in [0.717, 1.165) is 0 Å². The van der Waals surface area contributed by atoms with Crippen LogP contribution in [-0.2, 0) is 19.7 Å². The number of ether oxygens (including phenoxy) is 1. The number of carbonyl (C=O) groups excluding carboxylic acids is 2. The van der Waals surface area contributed by atoms with Gasteiger partial charge < -0.3 is 25.2 Å². The molecule has 1 heterocycles. The topological polar surface area (TPSA) is 73.9 Å². The van der Waals surface area contributed by atoms with Crippen molar-refractivity contribution in [1.29, 1.82) is 0 Å². The maximum absolute atomic E-state index is 14.0. The van der Waals surface area contributed by atoms with Gasteiger partial charge in [-0.05, 0) is 30.9 Å². The molecule has 1 saturated heterocycles. The van der Waals surface area contributed by atoms with Gasteiger partial charge in [0.25, 0.3) is 0 Å². The zero-order valence-corrected chi connectivity index (χ0v) is 25.4. The van der Waals surface area contributed by atoms with Crippen molar-refractivity contribution in [2.45, 2.75) is 78.9 Å². The van der Waals surface area contributed by atoms with Crippen molar-refractivity contribution >= 4 is 11.8 Å². The van der Waals surface area contributed by atoms with Gasteiger partial charge in [0.1, 0.15) is 0 Å². The molecule has 214 valence electrons. The maximum Gasteiger partial charge on any atom is 0.249 e. The second-order valence-corrected chi connectivity index (χ2v) is 12.6. The summed E-state index contributed by atoms with van der Waals surface area (Å²) in [6, 6.07) is 10.0. The normalized spacial score (nSPS) is 17.8. The first-order valence-electron chi connectivity index (χ1n) is 14.0. The Hall–Kier alpha value is -2.22. The number of rotatable bonds is 11. The Morgan fingerprint density at radius 2 is 1.66 bits per heavy atom. The molecular weight excluding hydrogens is 476 g/mol. The molecule has 1 aliphatic rings. The Morgan fingerprint density at radius 1 is 1.08 bits per heavy atom. The average Bonchev–Trinajstić information content (AvgIpc) is 2.88. The highest BCUT2D eigenvalue weighted by molar-refractivity contribution is 5.93. The van der Waals surface area contributed by atoms with E-state index in [-0.39, 0.29) is 46.7 Å². The number of nitrogens with one attached hydrogen (secondary N) is 2. The first kappa shape index (κ1) is 32.0. The summed E-state index contributed by atoms with van der Waals surface area (Å²) in [7, 11) is 3.84. The molecule has 3 unspecified atom stereocenters. The van der Waals surface area contributed by atoms with Gasteiger partial charge in [-0.15, -0.1) is 0 Å². The predicted octanol–water partition coefficient (Wildman–Crippen LogP) is 3.84. The lowest BCUT2D eigenvalue weighted by Crippen LogP contribution is -2.59. The molecule has 2 amide bonds. The summed E-state index contributed by atoms with van der Waals surface area (Å²) in [5, 5.41) is 7.10. The minimum Gasteiger partial charge on any atom is -0.378 e. The fourth-order valence-corrected chi connectivity index (χ4v) is 5.23. The monoisotopic (exact) mass is 528 g/mol. The van der Waals surface area contributed by atoms with E-state index in [0.29, 0.717) is 38.4 Å². The molecule has 2 rings (SSSR count). The molecule has 0 saturated carbocycles. The molecule has 0 spiro atoms. The lowest BCUT2D eigenvalue weighted by molar-refractivity contribution is -0.137. The van der Waals surface area contributed by atoms with Gasteiger partial charge in [-0.25, -0.2) is 0 Å². The van der Waals surface area contributed by atoms with Crippen molar-refractivity contribution in [3.05, 3.63) is 47.5 Å². The number of morpholine rings is 1. The molecule has 0 aliphatic carbocycles. The van der Waals surface area contributed by atoms with Crippen molar-refractivity contribution in [3.63, 3.8) is 0 Å². The minimum absolute atomic E-state index is 0.0188. The van der Waals surface area contributed by atoms with Gasteiger partial charge in [0.05, 0.1) is 25.3 Å². The molecule has 0 bridgehead atoms. The fraction of sp³-hybridized carbons (Fsp3) is 0.677. The minimum atomic E-state index is -0.389. The number of hydrogen-bond donors (Lipinski definition) is 2. The van der Waals surface area contributed by atoms with Gasteiger partial charge >= 0.3 is 0 Å². The van der Waals surface area contributed by atoms with E-state index in [1.54, 1.807) is 0 Å². The van der Waals surface area contributed by atoms with Gasteiger partial charge in [-0.1, -0.05) is 84.9 Å². The highest BCUT2D eigenvalue weighted by Gasteiger charge is 2.38. The van der Waals surface area contributed by atoms with Crippen LogP contribution in [0.1, 0.15) is 61.0 Å². The number of benzene rings is 1. The van der Waals surface area contributed by atoms with Crippen LogP contribution in [0.3, 0.4) is 0 Å². The van der Waals surface area contributed by atoms with Crippen LogP contribution in [-0.4, -0.2) is 86.7 Å². The molecule has 7 nitrogen and oxygen atoms in total. The van der Waals surface area contributed by atoms with Crippen LogP contribution in [0.5, 0.6) is 0 Å². The summed E-state index contributed by atoms with van der Waals surface area (Å²) < 4.78 is 5.39. The number of hydrogen-bond acceptors (Lipinski definition) is 5. The van der Waals surface area contributed by atoms with Gasteiger partial charge in [0, 0.05) is 43.7 Å². The molecule has 1 aliphatic heterocycles. The average molecular weight is 529 g/mol. The van der Waals surface area contributed by atoms with E-state index in [1.807, 2.05) is 43.0 Å². The highest BCUT2D eigenvalue weighted by Crippen LogP contribution is 2.28. The standard InChI is InChI=1S/C31H52N4O3/c1-22(2)25(20-23(3)28(36)35-16-18-38-19-17-35)34(10)29(37)27(30(4,5)6)33-21-26(32-9)31(7,8)24-14-12-11-13-15-24/h11-15,20,22,25-27,32-33H,16-19,21H2,1-10H3/b23-20+. The van der Waals surface area contributed by atoms with E-state index in [2.05, 4.69) is 83.4 Å². The third-order valence-electron chi connectivity index (χ3n) is 7.91. The van der Waals surface area contributed by atoms with E-state index in [1.165, 1.54) is 5.56 Å². The van der Waals surface area contributed by atoms with Crippen LogP contribution >= 0.6 is 0 Å². The maximum atomic E-state index is 14.0. The van der Waals surface area contributed by atoms with E-state index in [9.17, 15) is 9.59 Å². The Morgan fingerprint density at radius 3 is 2.16 bits per heavy atom. The Labute approximate surface area is 231 Å². The van der Waals surface area contributed by atoms with E-state index in [4.69, 9.17) is 4.74 Å². The van der Waals surface area contributed by atoms with Crippen LogP contribution in [0, 0.1) is 11.3 Å². The summed E-state index contributed by atoms with van der Waals surface area (Å²) in [5.74, 6) is 0.204. The summed E-state index contributed by atoms with van der Waals surface area (Å²) in [6.45, 7) is 19.8. The van der Waals surface area contributed by atoms with Gasteiger partial charge in [0.2, 0.25) is 11.8 Å². The second kappa shape index (κ2) is 13.7. The molecule has 1 fully saturated rings. The van der Waals surface area contributed by atoms with Crippen LogP contribution in [0.4, 0.5) is 0 Å². The Kier molecular flexibility index (Phi) is 11.6. The zero-order valence-electron chi connectivity index (χ0n) is 25.4. The van der Waals surface area contributed by atoms with Crippen molar-refractivity contribution in [3.8, 4) is 0 Å². The Balaban J connectivity index is 2.23. The van der Waals surface area contributed by atoms with E-state index >= 15 is 0 Å². The van der Waals surface area contributed by atoms with Gasteiger partial charge in [0.15, 0.2) is 0 Å². The third-order valence-corrected chi connectivity index (χ3v) is 7.91. The highest BCUT2D eigenvalue weighted by atomic mass is 16.5. The lowest BCUT2D eigenvalue weighted by atomic mass is 9.77. The summed E-state index contributed by atoms with van der Waals surface area (Å²) >= 11 is 0. The first-order valence-corrected chi connectivity index (χ1v) is 14.0. The zero-order chi connectivity index (χ0) is 28.7. The fourth-order valence-electron chi connectivity index (χ4n) is 5.23. The molecule has 1 aromatic rings. The number of likely N-dealkylation sites (N-methyl/N-ethyl adjacent to an activating group) is 2. The SMILES string of the molecule is CNC(CNC(C(=O)N(C)C(/C=C(\C)C(=O)N1CCOCC1)C(C)C)C(C)(C)C)C(C)(C)c1ccccc1. The molecular formula is C31H52N4O3. The number of carbonyl (C=O) groups is 2. The van der Waals surface area contributed by atoms with Crippen molar-refractivity contribution < 1.29 is 14.3 Å². The van der Waals surface area contributed by atoms with Crippen LogP contribution in [0.2, 0.25) is 0 Å². The first-order chi connectivity index (χ1) is 17.7. The van der Waals surface area contributed by atoms with Crippen molar-refractivity contribution in [1.82, 2.24) is 20.4 Å². The molecule has 1 aromatic carbocycles. The molecule has 38 heavy (non-hydrogen) atoms.